The van der Waals surface area contributed by atoms with Crippen LogP contribution in [0, 0.1) is 0 Å². The number of aldehydes is 1. The highest BCUT2D eigenvalue weighted by atomic mass is 35.5. The van der Waals surface area contributed by atoms with Crippen molar-refractivity contribution in [3.8, 4) is 0 Å². The Morgan fingerprint density at radius 2 is 1.85 bits per heavy atom. The summed E-state index contributed by atoms with van der Waals surface area (Å²) in [6.45, 7) is 4.47. The number of hydrogen-bond donors (Lipinski definition) is 0. The van der Waals surface area contributed by atoms with Crippen LogP contribution >= 0.6 is 23.2 Å². The number of nitrogens with zero attached hydrogens (tertiary/aromatic N) is 2. The second kappa shape index (κ2) is 6.42. The minimum atomic E-state index is 0.475. The first-order chi connectivity index (χ1) is 9.62. The van der Waals surface area contributed by atoms with E-state index in [1.807, 2.05) is 24.6 Å². The number of carbonyl (C=O) groups excluding carboxylic acids is 1. The SMILES string of the molecule is CCc1nn(Cc2c(Cl)cccc2Cl)c(CC)c1C=O. The molecule has 0 atom stereocenters. The van der Waals surface area contributed by atoms with Crippen LogP contribution in [-0.2, 0) is 19.4 Å². The highest BCUT2D eigenvalue weighted by Crippen LogP contribution is 2.26. The van der Waals surface area contributed by atoms with Crippen LogP contribution in [0.1, 0.15) is 41.2 Å². The van der Waals surface area contributed by atoms with E-state index in [2.05, 4.69) is 5.10 Å². The lowest BCUT2D eigenvalue weighted by Gasteiger charge is -2.10. The molecule has 3 nitrogen and oxygen atoms in total. The van der Waals surface area contributed by atoms with Crippen LogP contribution in [0.4, 0.5) is 0 Å². The summed E-state index contributed by atoms with van der Waals surface area (Å²) >= 11 is 12.4. The van der Waals surface area contributed by atoms with Crippen LogP contribution in [0.25, 0.3) is 0 Å². The second-order valence-electron chi connectivity index (χ2n) is 4.49. The maximum atomic E-state index is 11.3. The lowest BCUT2D eigenvalue weighted by atomic mass is 10.1. The van der Waals surface area contributed by atoms with Crippen LogP contribution in [0.3, 0.4) is 0 Å². The second-order valence-corrected chi connectivity index (χ2v) is 5.30. The van der Waals surface area contributed by atoms with Gasteiger partial charge in [0.1, 0.15) is 0 Å². The zero-order chi connectivity index (χ0) is 14.7. The summed E-state index contributed by atoms with van der Waals surface area (Å²) in [5.41, 5.74) is 3.26. The van der Waals surface area contributed by atoms with Crippen molar-refractivity contribution < 1.29 is 4.79 Å². The van der Waals surface area contributed by atoms with Gasteiger partial charge in [-0.15, -0.1) is 0 Å². The highest BCUT2D eigenvalue weighted by Gasteiger charge is 2.16. The molecule has 2 rings (SSSR count). The first-order valence-corrected chi connectivity index (χ1v) is 7.34. The van der Waals surface area contributed by atoms with Gasteiger partial charge in [0, 0.05) is 21.3 Å². The van der Waals surface area contributed by atoms with E-state index in [1.54, 1.807) is 12.1 Å². The van der Waals surface area contributed by atoms with Crippen LogP contribution in [0.2, 0.25) is 10.0 Å². The highest BCUT2D eigenvalue weighted by molar-refractivity contribution is 6.35. The van der Waals surface area contributed by atoms with Gasteiger partial charge in [0.2, 0.25) is 0 Å². The molecule has 0 saturated carbocycles. The molecule has 0 saturated heterocycles. The molecule has 0 bridgehead atoms. The standard InChI is InChI=1S/C15H16Cl2N2O/c1-3-14-11(9-20)15(4-2)19(18-14)8-10-12(16)6-5-7-13(10)17/h5-7,9H,3-4,8H2,1-2H3. The van der Waals surface area contributed by atoms with E-state index in [4.69, 9.17) is 23.2 Å². The molecule has 1 heterocycles. The van der Waals surface area contributed by atoms with Gasteiger partial charge in [0.05, 0.1) is 17.8 Å². The minimum absolute atomic E-state index is 0.475. The molecule has 0 aliphatic heterocycles. The number of aryl methyl sites for hydroxylation is 1. The van der Waals surface area contributed by atoms with E-state index >= 15 is 0 Å². The van der Waals surface area contributed by atoms with Crippen molar-refractivity contribution in [2.45, 2.75) is 33.2 Å². The fourth-order valence-corrected chi connectivity index (χ4v) is 2.82. The largest absolute Gasteiger partial charge is 0.298 e. The fourth-order valence-electron chi connectivity index (χ4n) is 2.30. The van der Waals surface area contributed by atoms with E-state index in [9.17, 15) is 4.79 Å². The molecule has 0 amide bonds. The summed E-state index contributed by atoms with van der Waals surface area (Å²) in [5, 5.41) is 5.74. The normalized spacial score (nSPS) is 10.8. The van der Waals surface area contributed by atoms with Gasteiger partial charge in [-0.05, 0) is 25.0 Å². The maximum absolute atomic E-state index is 11.3. The molecular weight excluding hydrogens is 295 g/mol. The molecule has 0 aliphatic carbocycles. The summed E-state index contributed by atoms with van der Waals surface area (Å²) in [7, 11) is 0. The Bertz CT molecular complexity index is 615. The summed E-state index contributed by atoms with van der Waals surface area (Å²) < 4.78 is 1.83. The number of benzene rings is 1. The molecule has 2 aromatic rings. The number of hydrogen-bond acceptors (Lipinski definition) is 2. The third-order valence-electron chi connectivity index (χ3n) is 3.33. The molecule has 5 heteroatoms. The summed E-state index contributed by atoms with van der Waals surface area (Å²) in [6.07, 6.45) is 2.35. The van der Waals surface area contributed by atoms with Gasteiger partial charge in [0.25, 0.3) is 0 Å². The van der Waals surface area contributed by atoms with E-state index < -0.39 is 0 Å². The smallest absolute Gasteiger partial charge is 0.153 e. The fraction of sp³-hybridized carbons (Fsp3) is 0.333. The predicted octanol–water partition coefficient (Wildman–Crippen LogP) is 4.18. The molecule has 0 aliphatic rings. The van der Waals surface area contributed by atoms with Crippen LogP contribution < -0.4 is 0 Å². The third-order valence-corrected chi connectivity index (χ3v) is 4.04. The number of rotatable bonds is 5. The first-order valence-electron chi connectivity index (χ1n) is 6.58. The average Bonchev–Trinajstić information content (AvgIpc) is 2.79. The Kier molecular flexibility index (Phi) is 4.84. The minimum Gasteiger partial charge on any atom is -0.298 e. The summed E-state index contributed by atoms with van der Waals surface area (Å²) in [4.78, 5) is 11.3. The first kappa shape index (κ1) is 15.1. The van der Waals surface area contributed by atoms with Crippen molar-refractivity contribution in [1.29, 1.82) is 0 Å². The van der Waals surface area contributed by atoms with Gasteiger partial charge in [-0.25, -0.2) is 0 Å². The molecule has 0 unspecified atom stereocenters. The van der Waals surface area contributed by atoms with Crippen molar-refractivity contribution in [3.63, 3.8) is 0 Å². The van der Waals surface area contributed by atoms with Gasteiger partial charge < -0.3 is 0 Å². The third kappa shape index (κ3) is 2.74. The number of carbonyl (C=O) groups is 1. The Balaban J connectivity index is 2.48. The van der Waals surface area contributed by atoms with E-state index in [0.717, 1.165) is 36.1 Å². The predicted molar refractivity (Wildman–Crippen MR) is 81.9 cm³/mol. The van der Waals surface area contributed by atoms with Gasteiger partial charge in [-0.1, -0.05) is 43.1 Å². The Morgan fingerprint density at radius 1 is 1.20 bits per heavy atom. The van der Waals surface area contributed by atoms with Gasteiger partial charge in [-0.2, -0.15) is 5.10 Å². The van der Waals surface area contributed by atoms with Gasteiger partial charge in [-0.3, -0.25) is 9.48 Å². The Hall–Kier alpha value is -1.32. The Labute approximate surface area is 128 Å². The van der Waals surface area contributed by atoms with Crippen molar-refractivity contribution >= 4 is 29.5 Å². The molecule has 1 aromatic carbocycles. The lowest BCUT2D eigenvalue weighted by Crippen LogP contribution is -2.07. The van der Waals surface area contributed by atoms with Crippen LogP contribution in [0.5, 0.6) is 0 Å². The number of halogens is 2. The molecule has 106 valence electrons. The van der Waals surface area contributed by atoms with Gasteiger partial charge >= 0.3 is 0 Å². The Morgan fingerprint density at radius 3 is 2.35 bits per heavy atom. The average molecular weight is 311 g/mol. The van der Waals surface area contributed by atoms with Crippen molar-refractivity contribution in [3.05, 3.63) is 50.8 Å². The molecule has 1 aromatic heterocycles. The molecule has 0 spiro atoms. The van der Waals surface area contributed by atoms with E-state index in [1.165, 1.54) is 0 Å². The van der Waals surface area contributed by atoms with E-state index in [-0.39, 0.29) is 0 Å². The number of aromatic nitrogens is 2. The molecule has 20 heavy (non-hydrogen) atoms. The molecule has 0 N–H and O–H groups in total. The van der Waals surface area contributed by atoms with Crippen molar-refractivity contribution in [2.75, 3.05) is 0 Å². The maximum Gasteiger partial charge on any atom is 0.153 e. The quantitative estimate of drug-likeness (QED) is 0.777. The zero-order valence-electron chi connectivity index (χ0n) is 11.5. The van der Waals surface area contributed by atoms with Gasteiger partial charge in [0.15, 0.2) is 6.29 Å². The molecular formula is C15H16Cl2N2O. The van der Waals surface area contributed by atoms with E-state index in [0.29, 0.717) is 22.2 Å². The molecule has 0 radical (unpaired) electrons. The van der Waals surface area contributed by atoms with Crippen LogP contribution in [0.15, 0.2) is 18.2 Å². The zero-order valence-corrected chi connectivity index (χ0v) is 13.0. The van der Waals surface area contributed by atoms with Crippen molar-refractivity contribution in [2.24, 2.45) is 0 Å². The lowest BCUT2D eigenvalue weighted by molar-refractivity contribution is 0.112. The summed E-state index contributed by atoms with van der Waals surface area (Å²) in [5.74, 6) is 0. The van der Waals surface area contributed by atoms with Crippen LogP contribution in [-0.4, -0.2) is 16.1 Å². The molecule has 0 fully saturated rings. The summed E-state index contributed by atoms with van der Waals surface area (Å²) in [6, 6.07) is 5.42. The van der Waals surface area contributed by atoms with Crippen molar-refractivity contribution in [1.82, 2.24) is 9.78 Å². The monoisotopic (exact) mass is 310 g/mol. The topological polar surface area (TPSA) is 34.9 Å².